The molecule has 1 fully saturated rings. The van der Waals surface area contributed by atoms with Crippen molar-refractivity contribution in [2.45, 2.75) is 13.5 Å². The van der Waals surface area contributed by atoms with E-state index in [0.29, 0.717) is 21.2 Å². The first-order chi connectivity index (χ1) is 15.7. The van der Waals surface area contributed by atoms with E-state index >= 15 is 0 Å². The summed E-state index contributed by atoms with van der Waals surface area (Å²) in [5.74, 6) is -0.575. The van der Waals surface area contributed by atoms with Gasteiger partial charge in [-0.25, -0.2) is 4.79 Å². The fourth-order valence-corrected chi connectivity index (χ4v) is 4.34. The van der Waals surface area contributed by atoms with Crippen molar-refractivity contribution in [2.24, 2.45) is 0 Å². The van der Waals surface area contributed by atoms with Crippen LogP contribution >= 0.6 is 46.6 Å². The van der Waals surface area contributed by atoms with Gasteiger partial charge in [-0.05, 0) is 60.2 Å². The number of hydrogen-bond acceptors (Lipinski definition) is 7. The number of halogens is 3. The molecule has 0 N–H and O–H groups in total. The standard InChI is InChI=1S/C22H18Cl3NO6S/c1-3-31-19(27)11-32-20-16(25)7-13(8-17(20)30-2)9-18-21(28)26(22(29)33-18)10-12-4-5-14(23)15(24)6-12/h4-9H,3,10-11H2,1-2H3/b18-9-. The molecular formula is C22H18Cl3NO6S. The van der Waals surface area contributed by atoms with Crippen LogP contribution in [0.25, 0.3) is 6.08 Å². The molecule has 0 bridgehead atoms. The molecule has 0 saturated carbocycles. The van der Waals surface area contributed by atoms with Gasteiger partial charge in [-0.15, -0.1) is 0 Å². The Balaban J connectivity index is 1.80. The summed E-state index contributed by atoms with van der Waals surface area (Å²) in [7, 11) is 1.41. The summed E-state index contributed by atoms with van der Waals surface area (Å²) >= 11 is 19.1. The van der Waals surface area contributed by atoms with Crippen LogP contribution in [0.2, 0.25) is 15.1 Å². The monoisotopic (exact) mass is 529 g/mol. The maximum atomic E-state index is 12.8. The molecule has 0 radical (unpaired) electrons. The van der Waals surface area contributed by atoms with Crippen molar-refractivity contribution in [1.29, 1.82) is 0 Å². The van der Waals surface area contributed by atoms with Gasteiger partial charge in [0.2, 0.25) is 0 Å². The van der Waals surface area contributed by atoms with E-state index in [4.69, 9.17) is 49.0 Å². The lowest BCUT2D eigenvalue weighted by atomic mass is 10.1. The van der Waals surface area contributed by atoms with Gasteiger partial charge in [0.1, 0.15) is 0 Å². The summed E-state index contributed by atoms with van der Waals surface area (Å²) in [4.78, 5) is 38.2. The number of thioether (sulfide) groups is 1. The van der Waals surface area contributed by atoms with Crippen LogP contribution in [0.3, 0.4) is 0 Å². The smallest absolute Gasteiger partial charge is 0.344 e. The van der Waals surface area contributed by atoms with Crippen LogP contribution in [-0.4, -0.2) is 42.3 Å². The van der Waals surface area contributed by atoms with Gasteiger partial charge in [-0.3, -0.25) is 14.5 Å². The first-order valence-corrected chi connectivity index (χ1v) is 11.5. The summed E-state index contributed by atoms with van der Waals surface area (Å²) in [5.41, 5.74) is 1.18. The van der Waals surface area contributed by atoms with Crippen molar-refractivity contribution in [3.63, 3.8) is 0 Å². The molecule has 2 aromatic carbocycles. The van der Waals surface area contributed by atoms with Crippen molar-refractivity contribution in [3.8, 4) is 11.5 Å². The Hall–Kier alpha value is -2.39. The molecule has 33 heavy (non-hydrogen) atoms. The van der Waals surface area contributed by atoms with Crippen LogP contribution in [-0.2, 0) is 20.9 Å². The van der Waals surface area contributed by atoms with E-state index in [1.54, 1.807) is 31.2 Å². The Bertz CT molecular complexity index is 1140. The third-order valence-electron chi connectivity index (χ3n) is 4.39. The highest BCUT2D eigenvalue weighted by atomic mass is 35.5. The number of ether oxygens (including phenoxy) is 3. The van der Waals surface area contributed by atoms with Crippen LogP contribution in [0.4, 0.5) is 4.79 Å². The molecule has 1 aliphatic heterocycles. The topological polar surface area (TPSA) is 82.1 Å². The van der Waals surface area contributed by atoms with Crippen LogP contribution in [0, 0.1) is 0 Å². The van der Waals surface area contributed by atoms with Crippen LogP contribution in [0.1, 0.15) is 18.1 Å². The van der Waals surface area contributed by atoms with Gasteiger partial charge >= 0.3 is 5.97 Å². The summed E-state index contributed by atoms with van der Waals surface area (Å²) in [6.45, 7) is 1.64. The van der Waals surface area contributed by atoms with E-state index in [1.807, 2.05) is 0 Å². The molecule has 0 aromatic heterocycles. The number of carbonyl (C=O) groups excluding carboxylic acids is 3. The first-order valence-electron chi connectivity index (χ1n) is 9.58. The number of methoxy groups -OCH3 is 1. The van der Waals surface area contributed by atoms with E-state index in [2.05, 4.69) is 0 Å². The minimum absolute atomic E-state index is 0.0591. The quantitative estimate of drug-likeness (QED) is 0.313. The van der Waals surface area contributed by atoms with Crippen molar-refractivity contribution in [1.82, 2.24) is 4.90 Å². The van der Waals surface area contributed by atoms with Gasteiger partial charge in [-0.2, -0.15) is 0 Å². The Labute approximate surface area is 209 Å². The molecule has 0 unspecified atom stereocenters. The van der Waals surface area contributed by atoms with Gasteiger partial charge in [-0.1, -0.05) is 40.9 Å². The number of esters is 1. The van der Waals surface area contributed by atoms with Crippen molar-refractivity contribution >= 4 is 69.8 Å². The highest BCUT2D eigenvalue weighted by molar-refractivity contribution is 8.18. The summed E-state index contributed by atoms with van der Waals surface area (Å²) in [5, 5.41) is 0.475. The van der Waals surface area contributed by atoms with E-state index in [1.165, 1.54) is 19.3 Å². The van der Waals surface area contributed by atoms with Crippen LogP contribution in [0.15, 0.2) is 35.2 Å². The number of carbonyl (C=O) groups is 3. The van der Waals surface area contributed by atoms with E-state index in [-0.39, 0.29) is 41.2 Å². The Morgan fingerprint density at radius 3 is 2.52 bits per heavy atom. The fraction of sp³-hybridized carbons (Fsp3) is 0.227. The third-order valence-corrected chi connectivity index (χ3v) is 6.31. The molecule has 174 valence electrons. The lowest BCUT2D eigenvalue weighted by Crippen LogP contribution is -2.27. The van der Waals surface area contributed by atoms with Gasteiger partial charge < -0.3 is 14.2 Å². The summed E-state index contributed by atoms with van der Waals surface area (Å²) in [6.07, 6.45) is 1.53. The second kappa shape index (κ2) is 11.2. The SMILES string of the molecule is CCOC(=O)COc1c(Cl)cc(/C=C2\SC(=O)N(Cc3ccc(Cl)c(Cl)c3)C2=O)cc1OC. The second-order valence-electron chi connectivity index (χ2n) is 6.64. The van der Waals surface area contributed by atoms with Gasteiger partial charge in [0, 0.05) is 0 Å². The molecule has 0 atom stereocenters. The van der Waals surface area contributed by atoms with Crippen molar-refractivity contribution in [3.05, 3.63) is 61.4 Å². The largest absolute Gasteiger partial charge is 0.493 e. The number of nitrogens with zero attached hydrogens (tertiary/aromatic N) is 1. The fourth-order valence-electron chi connectivity index (χ4n) is 2.91. The molecule has 1 aliphatic rings. The molecule has 0 aliphatic carbocycles. The first kappa shape index (κ1) is 25.2. The molecule has 2 aromatic rings. The number of hydrogen-bond donors (Lipinski definition) is 0. The number of rotatable bonds is 8. The lowest BCUT2D eigenvalue weighted by Gasteiger charge is -2.13. The predicted octanol–water partition coefficient (Wildman–Crippen LogP) is 5.83. The Morgan fingerprint density at radius 2 is 1.85 bits per heavy atom. The predicted molar refractivity (Wildman–Crippen MR) is 128 cm³/mol. The van der Waals surface area contributed by atoms with Crippen LogP contribution < -0.4 is 9.47 Å². The van der Waals surface area contributed by atoms with Crippen molar-refractivity contribution in [2.75, 3.05) is 20.3 Å². The number of benzene rings is 2. The second-order valence-corrected chi connectivity index (χ2v) is 8.86. The lowest BCUT2D eigenvalue weighted by molar-refractivity contribution is -0.145. The highest BCUT2D eigenvalue weighted by Crippen LogP contribution is 2.39. The maximum Gasteiger partial charge on any atom is 0.344 e. The zero-order valence-electron chi connectivity index (χ0n) is 17.5. The van der Waals surface area contributed by atoms with Crippen molar-refractivity contribution < 1.29 is 28.6 Å². The molecule has 11 heteroatoms. The zero-order chi connectivity index (χ0) is 24.1. The van der Waals surface area contributed by atoms with Gasteiger partial charge in [0.15, 0.2) is 18.1 Å². The highest BCUT2D eigenvalue weighted by Gasteiger charge is 2.35. The minimum Gasteiger partial charge on any atom is -0.493 e. The van der Waals surface area contributed by atoms with Gasteiger partial charge in [0.25, 0.3) is 11.1 Å². The summed E-state index contributed by atoms with van der Waals surface area (Å²) in [6, 6.07) is 8.03. The maximum absolute atomic E-state index is 12.8. The van der Waals surface area contributed by atoms with E-state index in [0.717, 1.165) is 16.7 Å². The Morgan fingerprint density at radius 1 is 1.09 bits per heavy atom. The van der Waals surface area contributed by atoms with E-state index < -0.39 is 17.1 Å². The average molecular weight is 531 g/mol. The number of imide groups is 1. The zero-order valence-corrected chi connectivity index (χ0v) is 20.6. The normalized spacial score (nSPS) is 14.7. The summed E-state index contributed by atoms with van der Waals surface area (Å²) < 4.78 is 15.6. The molecule has 3 rings (SSSR count). The third kappa shape index (κ3) is 6.14. The molecule has 1 heterocycles. The Kier molecular flexibility index (Phi) is 8.53. The molecule has 0 spiro atoms. The van der Waals surface area contributed by atoms with Gasteiger partial charge in [0.05, 0.1) is 40.2 Å². The minimum atomic E-state index is -0.546. The van der Waals surface area contributed by atoms with E-state index in [9.17, 15) is 14.4 Å². The number of amides is 2. The molecule has 2 amide bonds. The molecular weight excluding hydrogens is 513 g/mol. The molecule has 1 saturated heterocycles. The van der Waals surface area contributed by atoms with Crippen LogP contribution in [0.5, 0.6) is 11.5 Å². The molecule has 7 nitrogen and oxygen atoms in total. The average Bonchev–Trinajstić information content (AvgIpc) is 3.02.